The second-order valence-corrected chi connectivity index (χ2v) is 11.4. The van der Waals surface area contributed by atoms with Gasteiger partial charge in [-0.3, -0.25) is 4.79 Å². The summed E-state index contributed by atoms with van der Waals surface area (Å²) in [5.41, 5.74) is 3.05. The topological polar surface area (TPSA) is 119 Å². The number of amides is 1. The van der Waals surface area contributed by atoms with Gasteiger partial charge in [0.25, 0.3) is 0 Å². The number of nitrogens with zero attached hydrogens (tertiary/aromatic N) is 4. The number of carboxylic acid groups (broad SMARTS) is 1. The van der Waals surface area contributed by atoms with E-state index in [1.54, 1.807) is 24.3 Å². The molecular weight excluding hydrogens is 580 g/mol. The maximum atomic E-state index is 14.3. The first-order valence-corrected chi connectivity index (χ1v) is 13.6. The highest BCUT2D eigenvalue weighted by Crippen LogP contribution is 2.32. The van der Waals surface area contributed by atoms with Crippen LogP contribution in [0.2, 0.25) is 10.0 Å². The Morgan fingerprint density at radius 2 is 1.77 bits per heavy atom. The Morgan fingerprint density at radius 1 is 1.05 bits per heavy atom. The minimum atomic E-state index is -1.21. The molecule has 1 heterocycles. The average molecular weight is 604 g/mol. The molecule has 0 saturated carbocycles. The van der Waals surface area contributed by atoms with Crippen molar-refractivity contribution in [3.63, 3.8) is 0 Å². The molecule has 1 aromatic heterocycles. The van der Waals surface area contributed by atoms with Crippen LogP contribution < -0.4 is 10.1 Å². The van der Waals surface area contributed by atoms with Crippen LogP contribution in [0.3, 0.4) is 0 Å². The van der Waals surface area contributed by atoms with Gasteiger partial charge in [-0.25, -0.2) is 9.18 Å². The Balaban J connectivity index is 1.40. The van der Waals surface area contributed by atoms with E-state index in [4.69, 9.17) is 33.0 Å². The molecule has 0 aliphatic heterocycles. The molecule has 40 heavy (non-hydrogen) atoms. The summed E-state index contributed by atoms with van der Waals surface area (Å²) in [5, 5.41) is 24.3. The monoisotopic (exact) mass is 603 g/mol. The van der Waals surface area contributed by atoms with Gasteiger partial charge in [-0.05, 0) is 68.9 Å². The zero-order valence-electron chi connectivity index (χ0n) is 21.6. The third kappa shape index (κ3) is 7.09. The van der Waals surface area contributed by atoms with Gasteiger partial charge in [-0.1, -0.05) is 73.9 Å². The standard InChI is InChI=1S/C27H24Cl2FN5O4S/c1-27(2,3)17-6-8-22(19(29)12-17)35-26(32-33-34-35)40-14-24(36)31-21-7-4-15(10-18(21)28)16-5-9-23(20(30)11-16)39-13-25(37)38/h4-12H,13-14H2,1-3H3,(H,31,36)(H,37,38). The normalized spacial score (nSPS) is 11.3. The zero-order chi connectivity index (χ0) is 29.0. The van der Waals surface area contributed by atoms with E-state index in [-0.39, 0.29) is 27.8 Å². The van der Waals surface area contributed by atoms with Gasteiger partial charge < -0.3 is 15.2 Å². The molecular formula is C27H24Cl2FN5O4S. The Bertz CT molecular complexity index is 1580. The van der Waals surface area contributed by atoms with E-state index in [0.717, 1.165) is 17.3 Å². The number of thioether (sulfide) groups is 1. The van der Waals surface area contributed by atoms with E-state index in [0.29, 0.717) is 32.7 Å². The summed E-state index contributed by atoms with van der Waals surface area (Å²) in [6, 6.07) is 14.7. The fourth-order valence-electron chi connectivity index (χ4n) is 3.61. The molecule has 0 spiro atoms. The predicted octanol–water partition coefficient (Wildman–Crippen LogP) is 6.27. The number of carbonyl (C=O) groups is 2. The summed E-state index contributed by atoms with van der Waals surface area (Å²) in [5.74, 6) is -2.43. The van der Waals surface area contributed by atoms with E-state index in [9.17, 15) is 14.0 Å². The summed E-state index contributed by atoms with van der Waals surface area (Å²) in [7, 11) is 0. The Morgan fingerprint density at radius 3 is 2.42 bits per heavy atom. The molecule has 0 bridgehead atoms. The number of carbonyl (C=O) groups excluding carboxylic acids is 1. The summed E-state index contributed by atoms with van der Waals surface area (Å²) < 4.78 is 20.7. The van der Waals surface area contributed by atoms with E-state index in [2.05, 4.69) is 41.6 Å². The SMILES string of the molecule is CC(C)(C)c1ccc(-n2nnnc2SCC(=O)Nc2ccc(-c3ccc(OCC(=O)O)c(F)c3)cc2Cl)c(Cl)c1. The molecule has 1 amide bonds. The smallest absolute Gasteiger partial charge is 0.341 e. The van der Waals surface area contributed by atoms with Gasteiger partial charge in [0.2, 0.25) is 11.1 Å². The molecule has 208 valence electrons. The quantitative estimate of drug-likeness (QED) is 0.215. The van der Waals surface area contributed by atoms with Crippen molar-refractivity contribution in [2.45, 2.75) is 31.3 Å². The van der Waals surface area contributed by atoms with Crippen molar-refractivity contribution in [3.05, 3.63) is 76.0 Å². The fraction of sp³-hybridized carbons (Fsp3) is 0.222. The van der Waals surface area contributed by atoms with Crippen LogP contribution in [0.4, 0.5) is 10.1 Å². The Labute approximate surface area is 243 Å². The molecule has 2 N–H and O–H groups in total. The lowest BCUT2D eigenvalue weighted by atomic mass is 9.87. The molecule has 0 radical (unpaired) electrons. The third-order valence-corrected chi connectivity index (χ3v) is 7.21. The van der Waals surface area contributed by atoms with Crippen molar-refractivity contribution in [3.8, 4) is 22.6 Å². The van der Waals surface area contributed by atoms with Crippen LogP contribution in [0.25, 0.3) is 16.8 Å². The number of carboxylic acids is 1. The van der Waals surface area contributed by atoms with Crippen molar-refractivity contribution >= 4 is 52.5 Å². The second kappa shape index (κ2) is 12.2. The lowest BCUT2D eigenvalue weighted by molar-refractivity contribution is -0.139. The summed E-state index contributed by atoms with van der Waals surface area (Å²) in [6.07, 6.45) is 0. The van der Waals surface area contributed by atoms with Gasteiger partial charge in [0.15, 0.2) is 18.2 Å². The molecule has 4 aromatic rings. The number of ether oxygens (including phenoxy) is 1. The molecule has 0 aliphatic carbocycles. The second-order valence-electron chi connectivity index (χ2n) is 9.65. The van der Waals surface area contributed by atoms with Gasteiger partial charge >= 0.3 is 5.97 Å². The molecule has 0 atom stereocenters. The minimum Gasteiger partial charge on any atom is -0.479 e. The van der Waals surface area contributed by atoms with Crippen LogP contribution in [-0.4, -0.2) is 49.6 Å². The van der Waals surface area contributed by atoms with Gasteiger partial charge in [-0.15, -0.1) is 5.10 Å². The van der Waals surface area contributed by atoms with E-state index in [1.807, 2.05) is 18.2 Å². The first-order chi connectivity index (χ1) is 18.9. The lowest BCUT2D eigenvalue weighted by Crippen LogP contribution is -2.15. The number of aliphatic carboxylic acids is 1. The van der Waals surface area contributed by atoms with Gasteiger partial charge in [0, 0.05) is 0 Å². The highest BCUT2D eigenvalue weighted by Gasteiger charge is 2.19. The molecule has 0 unspecified atom stereocenters. The highest BCUT2D eigenvalue weighted by atomic mass is 35.5. The Kier molecular flexibility index (Phi) is 8.97. The van der Waals surface area contributed by atoms with Crippen LogP contribution in [0.5, 0.6) is 5.75 Å². The number of benzene rings is 3. The minimum absolute atomic E-state index is 0.000830. The number of anilines is 1. The highest BCUT2D eigenvalue weighted by molar-refractivity contribution is 7.99. The Hall–Kier alpha value is -3.67. The molecule has 3 aromatic carbocycles. The lowest BCUT2D eigenvalue weighted by Gasteiger charge is -2.20. The van der Waals surface area contributed by atoms with Gasteiger partial charge in [-0.2, -0.15) is 4.68 Å². The average Bonchev–Trinajstić information content (AvgIpc) is 3.35. The van der Waals surface area contributed by atoms with Crippen LogP contribution in [0, 0.1) is 5.82 Å². The number of rotatable bonds is 9. The van der Waals surface area contributed by atoms with Crippen molar-refractivity contribution in [1.29, 1.82) is 0 Å². The first-order valence-electron chi connectivity index (χ1n) is 11.9. The largest absolute Gasteiger partial charge is 0.479 e. The van der Waals surface area contributed by atoms with Crippen LogP contribution in [-0.2, 0) is 15.0 Å². The van der Waals surface area contributed by atoms with Crippen molar-refractivity contribution in [2.24, 2.45) is 0 Å². The van der Waals surface area contributed by atoms with E-state index in [1.165, 1.54) is 16.8 Å². The molecule has 13 heteroatoms. The number of halogens is 3. The number of hydrogen-bond acceptors (Lipinski definition) is 7. The van der Waals surface area contributed by atoms with Crippen LogP contribution in [0.15, 0.2) is 59.8 Å². The summed E-state index contributed by atoms with van der Waals surface area (Å²) in [6.45, 7) is 5.62. The predicted molar refractivity (Wildman–Crippen MR) is 152 cm³/mol. The number of hydrogen-bond donors (Lipinski definition) is 2. The zero-order valence-corrected chi connectivity index (χ0v) is 23.9. The summed E-state index contributed by atoms with van der Waals surface area (Å²) >= 11 is 14.0. The third-order valence-electron chi connectivity index (χ3n) is 5.67. The molecule has 0 saturated heterocycles. The number of nitrogens with one attached hydrogen (secondary N) is 1. The van der Waals surface area contributed by atoms with Crippen molar-refractivity contribution in [1.82, 2.24) is 20.2 Å². The molecule has 4 rings (SSSR count). The van der Waals surface area contributed by atoms with E-state index < -0.39 is 18.4 Å². The number of tetrazole rings is 1. The first kappa shape index (κ1) is 29.3. The van der Waals surface area contributed by atoms with Crippen LogP contribution in [0.1, 0.15) is 26.3 Å². The van der Waals surface area contributed by atoms with Crippen molar-refractivity contribution in [2.75, 3.05) is 17.7 Å². The van der Waals surface area contributed by atoms with Crippen molar-refractivity contribution < 1.29 is 23.8 Å². The molecule has 9 nitrogen and oxygen atoms in total. The molecule has 0 aliphatic rings. The fourth-order valence-corrected chi connectivity index (χ4v) is 4.79. The van der Waals surface area contributed by atoms with Crippen LogP contribution >= 0.6 is 35.0 Å². The maximum absolute atomic E-state index is 14.3. The summed E-state index contributed by atoms with van der Waals surface area (Å²) in [4.78, 5) is 23.3. The van der Waals surface area contributed by atoms with E-state index >= 15 is 0 Å². The van der Waals surface area contributed by atoms with Gasteiger partial charge in [0.05, 0.1) is 27.2 Å². The molecule has 0 fully saturated rings. The maximum Gasteiger partial charge on any atom is 0.341 e. The number of aromatic nitrogens is 4. The van der Waals surface area contributed by atoms with Gasteiger partial charge in [0.1, 0.15) is 0 Å².